The van der Waals surface area contributed by atoms with E-state index >= 15 is 0 Å². The molecular formula is C13H28N2O2. The number of carbonyl (C=O) groups is 1. The molecule has 4 heteroatoms. The fraction of sp³-hybridized carbons (Fsp3) is 0.923. The highest BCUT2D eigenvalue weighted by molar-refractivity contribution is 5.81. The summed E-state index contributed by atoms with van der Waals surface area (Å²) < 4.78 is 0. The summed E-state index contributed by atoms with van der Waals surface area (Å²) in [7, 11) is 3.51. The summed E-state index contributed by atoms with van der Waals surface area (Å²) in [5.74, 6) is 0.500. The van der Waals surface area contributed by atoms with Crippen molar-refractivity contribution in [3.63, 3.8) is 0 Å². The number of nitrogens with one attached hydrogen (secondary N) is 1. The maximum Gasteiger partial charge on any atom is 0.239 e. The predicted octanol–water partition coefficient (Wildman–Crippen LogP) is 1.24. The summed E-state index contributed by atoms with van der Waals surface area (Å²) in [5, 5.41) is 13.1. The van der Waals surface area contributed by atoms with E-state index < -0.39 is 5.60 Å². The number of carbonyl (C=O) groups excluding carboxylic acids is 1. The van der Waals surface area contributed by atoms with Gasteiger partial charge in [0.2, 0.25) is 5.91 Å². The van der Waals surface area contributed by atoms with Gasteiger partial charge in [0.25, 0.3) is 0 Å². The molecule has 0 saturated carbocycles. The molecule has 2 unspecified atom stereocenters. The average Bonchev–Trinajstić information content (AvgIpc) is 2.12. The topological polar surface area (TPSA) is 52.6 Å². The van der Waals surface area contributed by atoms with Crippen molar-refractivity contribution in [1.29, 1.82) is 0 Å². The SMILES string of the molecule is CC(C)CC(NC(C)C(C)(C)O)C(=O)N(C)C. The van der Waals surface area contributed by atoms with Crippen molar-refractivity contribution in [3.05, 3.63) is 0 Å². The molecule has 102 valence electrons. The van der Waals surface area contributed by atoms with Crippen molar-refractivity contribution in [3.8, 4) is 0 Å². The first-order valence-electron chi connectivity index (χ1n) is 6.25. The highest BCUT2D eigenvalue weighted by atomic mass is 16.3. The number of amides is 1. The van der Waals surface area contributed by atoms with E-state index in [1.807, 2.05) is 6.92 Å². The molecule has 0 aromatic carbocycles. The van der Waals surface area contributed by atoms with Crippen LogP contribution in [0.2, 0.25) is 0 Å². The molecular weight excluding hydrogens is 216 g/mol. The third-order valence-corrected chi connectivity index (χ3v) is 2.96. The largest absolute Gasteiger partial charge is 0.389 e. The van der Waals surface area contributed by atoms with Crippen LogP contribution in [0.1, 0.15) is 41.0 Å². The smallest absolute Gasteiger partial charge is 0.239 e. The van der Waals surface area contributed by atoms with Crippen LogP contribution >= 0.6 is 0 Å². The first-order valence-corrected chi connectivity index (χ1v) is 6.25. The van der Waals surface area contributed by atoms with Crippen molar-refractivity contribution in [2.24, 2.45) is 5.92 Å². The Bertz CT molecular complexity index is 244. The summed E-state index contributed by atoms with van der Waals surface area (Å²) in [6.07, 6.45) is 0.775. The molecule has 4 nitrogen and oxygen atoms in total. The summed E-state index contributed by atoms with van der Waals surface area (Å²) in [4.78, 5) is 13.6. The van der Waals surface area contributed by atoms with Gasteiger partial charge in [0, 0.05) is 20.1 Å². The maximum absolute atomic E-state index is 12.0. The van der Waals surface area contributed by atoms with Crippen molar-refractivity contribution < 1.29 is 9.90 Å². The highest BCUT2D eigenvalue weighted by Crippen LogP contribution is 2.13. The van der Waals surface area contributed by atoms with Gasteiger partial charge < -0.3 is 15.3 Å². The molecule has 0 rings (SSSR count). The fourth-order valence-corrected chi connectivity index (χ4v) is 1.53. The van der Waals surface area contributed by atoms with Crippen molar-refractivity contribution in [1.82, 2.24) is 10.2 Å². The van der Waals surface area contributed by atoms with Gasteiger partial charge in [0.15, 0.2) is 0 Å². The van der Waals surface area contributed by atoms with E-state index in [1.54, 1.807) is 32.8 Å². The molecule has 0 saturated heterocycles. The van der Waals surface area contributed by atoms with Crippen LogP contribution in [0.3, 0.4) is 0 Å². The number of aliphatic hydroxyl groups is 1. The highest BCUT2D eigenvalue weighted by Gasteiger charge is 2.29. The van der Waals surface area contributed by atoms with E-state index in [4.69, 9.17) is 0 Å². The molecule has 1 amide bonds. The van der Waals surface area contributed by atoms with Gasteiger partial charge in [-0.2, -0.15) is 0 Å². The van der Waals surface area contributed by atoms with Gasteiger partial charge in [-0.1, -0.05) is 13.8 Å². The van der Waals surface area contributed by atoms with Crippen LogP contribution in [0, 0.1) is 5.92 Å². The van der Waals surface area contributed by atoms with Gasteiger partial charge in [-0.3, -0.25) is 4.79 Å². The molecule has 0 spiro atoms. The zero-order chi connectivity index (χ0) is 13.8. The second kappa shape index (κ2) is 6.36. The number of nitrogens with zero attached hydrogens (tertiary/aromatic N) is 1. The van der Waals surface area contributed by atoms with Crippen LogP contribution in [-0.4, -0.2) is 47.7 Å². The van der Waals surface area contributed by atoms with E-state index in [1.165, 1.54) is 0 Å². The molecule has 0 bridgehead atoms. The Morgan fingerprint density at radius 3 is 2.06 bits per heavy atom. The molecule has 2 atom stereocenters. The Labute approximate surface area is 105 Å². The number of likely N-dealkylation sites (N-methyl/N-ethyl adjacent to an activating group) is 1. The first-order chi connectivity index (χ1) is 7.55. The molecule has 0 radical (unpaired) electrons. The zero-order valence-electron chi connectivity index (χ0n) is 12.2. The van der Waals surface area contributed by atoms with E-state index in [9.17, 15) is 9.90 Å². The molecule has 0 aliphatic carbocycles. The van der Waals surface area contributed by atoms with E-state index in [0.29, 0.717) is 5.92 Å². The third-order valence-electron chi connectivity index (χ3n) is 2.96. The molecule has 2 N–H and O–H groups in total. The van der Waals surface area contributed by atoms with E-state index in [0.717, 1.165) is 6.42 Å². The van der Waals surface area contributed by atoms with Crippen LogP contribution in [0.4, 0.5) is 0 Å². The van der Waals surface area contributed by atoms with Crippen molar-refractivity contribution in [2.75, 3.05) is 14.1 Å². The number of rotatable bonds is 6. The lowest BCUT2D eigenvalue weighted by Crippen LogP contribution is -2.54. The lowest BCUT2D eigenvalue weighted by Gasteiger charge is -2.32. The molecule has 17 heavy (non-hydrogen) atoms. The lowest BCUT2D eigenvalue weighted by atomic mass is 9.96. The fourth-order valence-electron chi connectivity index (χ4n) is 1.53. The van der Waals surface area contributed by atoms with Crippen molar-refractivity contribution in [2.45, 2.75) is 58.7 Å². The Morgan fingerprint density at radius 2 is 1.76 bits per heavy atom. The Hall–Kier alpha value is -0.610. The minimum Gasteiger partial charge on any atom is -0.389 e. The lowest BCUT2D eigenvalue weighted by molar-refractivity contribution is -0.132. The second-order valence-electron chi connectivity index (χ2n) is 5.96. The first kappa shape index (κ1) is 16.4. The minimum atomic E-state index is -0.832. The van der Waals surface area contributed by atoms with E-state index in [-0.39, 0.29) is 18.0 Å². The van der Waals surface area contributed by atoms with Gasteiger partial charge >= 0.3 is 0 Å². The van der Waals surface area contributed by atoms with Gasteiger partial charge in [-0.25, -0.2) is 0 Å². The molecule has 0 heterocycles. The van der Waals surface area contributed by atoms with Gasteiger partial charge in [-0.15, -0.1) is 0 Å². The molecule has 0 aliphatic heterocycles. The monoisotopic (exact) mass is 244 g/mol. The number of hydrogen-bond donors (Lipinski definition) is 2. The number of hydrogen-bond acceptors (Lipinski definition) is 3. The average molecular weight is 244 g/mol. The van der Waals surface area contributed by atoms with Crippen LogP contribution < -0.4 is 5.32 Å². The van der Waals surface area contributed by atoms with Gasteiger partial charge in [0.1, 0.15) is 0 Å². The Morgan fingerprint density at radius 1 is 1.29 bits per heavy atom. The van der Waals surface area contributed by atoms with Crippen LogP contribution in [0.15, 0.2) is 0 Å². The predicted molar refractivity (Wildman–Crippen MR) is 70.8 cm³/mol. The minimum absolute atomic E-state index is 0.0646. The Balaban J connectivity index is 4.66. The second-order valence-corrected chi connectivity index (χ2v) is 5.96. The standard InChI is InChI=1S/C13H28N2O2/c1-9(2)8-11(12(16)15(6)7)14-10(3)13(4,5)17/h9-11,14,17H,8H2,1-7H3. The third kappa shape index (κ3) is 6.03. The summed E-state index contributed by atoms with van der Waals surface area (Å²) in [6, 6.07) is -0.360. The van der Waals surface area contributed by atoms with E-state index in [2.05, 4.69) is 19.2 Å². The Kier molecular flexibility index (Phi) is 6.13. The molecule has 0 aromatic rings. The quantitative estimate of drug-likeness (QED) is 0.739. The van der Waals surface area contributed by atoms with Crippen LogP contribution in [-0.2, 0) is 4.79 Å². The molecule has 0 fully saturated rings. The van der Waals surface area contributed by atoms with Crippen molar-refractivity contribution >= 4 is 5.91 Å². The zero-order valence-corrected chi connectivity index (χ0v) is 12.2. The normalized spacial score (nSPS) is 15.8. The summed E-state index contributed by atoms with van der Waals surface area (Å²) in [5.41, 5.74) is -0.832. The van der Waals surface area contributed by atoms with Gasteiger partial charge in [-0.05, 0) is 33.1 Å². The molecule has 0 aromatic heterocycles. The summed E-state index contributed by atoms with van der Waals surface area (Å²) in [6.45, 7) is 9.57. The molecule has 0 aliphatic rings. The van der Waals surface area contributed by atoms with Crippen LogP contribution in [0.25, 0.3) is 0 Å². The van der Waals surface area contributed by atoms with Gasteiger partial charge in [0.05, 0.1) is 11.6 Å². The van der Waals surface area contributed by atoms with Crippen LogP contribution in [0.5, 0.6) is 0 Å². The summed E-state index contributed by atoms with van der Waals surface area (Å²) >= 11 is 0. The maximum atomic E-state index is 12.0.